The molecule has 0 aliphatic carbocycles. The fourth-order valence-corrected chi connectivity index (χ4v) is 2.65. The van der Waals surface area contributed by atoms with E-state index in [1.54, 1.807) is 0 Å². The molecule has 0 saturated carbocycles. The minimum atomic E-state index is -1.03. The first kappa shape index (κ1) is 20.6. The van der Waals surface area contributed by atoms with Gasteiger partial charge < -0.3 is 24.8 Å². The highest BCUT2D eigenvalue weighted by atomic mass is 16.5. The lowest BCUT2D eigenvalue weighted by Crippen LogP contribution is -2.40. The van der Waals surface area contributed by atoms with E-state index in [0.29, 0.717) is 6.61 Å². The van der Waals surface area contributed by atoms with E-state index in [4.69, 9.17) is 9.47 Å². The normalized spacial score (nSPS) is 26.2. The molecule has 1 fully saturated rings. The second-order valence-corrected chi connectivity index (χ2v) is 6.31. The second-order valence-electron chi connectivity index (χ2n) is 6.31. The van der Waals surface area contributed by atoms with E-state index in [2.05, 4.69) is 19.1 Å². The Labute approximate surface area is 140 Å². The van der Waals surface area contributed by atoms with E-state index < -0.39 is 24.4 Å². The Balaban J connectivity index is 1.90. The van der Waals surface area contributed by atoms with E-state index in [0.717, 1.165) is 19.3 Å². The Kier molecular flexibility index (Phi) is 11.5. The third kappa shape index (κ3) is 8.82. The van der Waals surface area contributed by atoms with Crippen molar-refractivity contribution < 1.29 is 24.8 Å². The Bertz CT molecular complexity index is 308. The topological polar surface area (TPSA) is 79.2 Å². The van der Waals surface area contributed by atoms with Crippen molar-refractivity contribution in [1.82, 2.24) is 0 Å². The standard InChI is InChI=1S/C18H34O5/c1-2-3-4-5-6-7-8-9-10-11-12-22-13-16(20)18-17(21)15(19)14-23-18/h7-8,15-21H,2-6,9-14H2,1H3/b8-7+/t15-,16+,17-,18-/m1/s1. The van der Waals surface area contributed by atoms with Gasteiger partial charge >= 0.3 is 0 Å². The lowest BCUT2D eigenvalue weighted by Gasteiger charge is -2.20. The maximum Gasteiger partial charge on any atom is 0.114 e. The van der Waals surface area contributed by atoms with Crippen LogP contribution in [0.5, 0.6) is 0 Å². The lowest BCUT2D eigenvalue weighted by atomic mass is 10.1. The van der Waals surface area contributed by atoms with Crippen molar-refractivity contribution in [2.75, 3.05) is 19.8 Å². The van der Waals surface area contributed by atoms with Crippen LogP contribution in [0, 0.1) is 0 Å². The SMILES string of the molecule is CCCCCC/C=C/CCCCOC[C@H](O)[C@H]1OC[C@@H](O)[C@H]1O. The number of hydrogen-bond acceptors (Lipinski definition) is 5. The molecule has 3 N–H and O–H groups in total. The fourth-order valence-electron chi connectivity index (χ4n) is 2.65. The summed E-state index contributed by atoms with van der Waals surface area (Å²) in [5.41, 5.74) is 0. The molecule has 0 aromatic heterocycles. The van der Waals surface area contributed by atoms with E-state index in [9.17, 15) is 15.3 Å². The van der Waals surface area contributed by atoms with Crippen LogP contribution in [0.15, 0.2) is 12.2 Å². The van der Waals surface area contributed by atoms with Crippen LogP contribution >= 0.6 is 0 Å². The molecule has 0 bridgehead atoms. The van der Waals surface area contributed by atoms with Crippen molar-refractivity contribution >= 4 is 0 Å². The molecule has 0 amide bonds. The van der Waals surface area contributed by atoms with Gasteiger partial charge in [-0.15, -0.1) is 0 Å². The number of allylic oxidation sites excluding steroid dienone is 2. The van der Waals surface area contributed by atoms with E-state index in [1.807, 2.05) is 0 Å². The van der Waals surface area contributed by atoms with Crippen LogP contribution in [-0.4, -0.2) is 59.6 Å². The first-order valence-electron chi connectivity index (χ1n) is 9.05. The highest BCUT2D eigenvalue weighted by molar-refractivity contribution is 4.87. The molecular formula is C18H34O5. The summed E-state index contributed by atoms with van der Waals surface area (Å²) in [4.78, 5) is 0. The highest BCUT2D eigenvalue weighted by Gasteiger charge is 2.39. The summed E-state index contributed by atoms with van der Waals surface area (Å²) in [6.45, 7) is 3.01. The van der Waals surface area contributed by atoms with Crippen LogP contribution in [0.25, 0.3) is 0 Å². The van der Waals surface area contributed by atoms with E-state index >= 15 is 0 Å². The van der Waals surface area contributed by atoms with Crippen molar-refractivity contribution in [3.63, 3.8) is 0 Å². The minimum absolute atomic E-state index is 0.0632. The van der Waals surface area contributed by atoms with Crippen LogP contribution in [0.2, 0.25) is 0 Å². The lowest BCUT2D eigenvalue weighted by molar-refractivity contribution is -0.0813. The van der Waals surface area contributed by atoms with Crippen LogP contribution in [0.3, 0.4) is 0 Å². The zero-order chi connectivity index (χ0) is 16.9. The molecule has 1 aliphatic heterocycles. The van der Waals surface area contributed by atoms with Gasteiger partial charge in [0.15, 0.2) is 0 Å². The zero-order valence-corrected chi connectivity index (χ0v) is 14.4. The second kappa shape index (κ2) is 12.9. The molecule has 1 aliphatic rings. The maximum atomic E-state index is 9.87. The molecule has 0 spiro atoms. The summed E-state index contributed by atoms with van der Waals surface area (Å²) in [6, 6.07) is 0. The van der Waals surface area contributed by atoms with Gasteiger partial charge in [0.25, 0.3) is 0 Å². The molecule has 5 nitrogen and oxygen atoms in total. The highest BCUT2D eigenvalue weighted by Crippen LogP contribution is 2.17. The Morgan fingerprint density at radius 1 is 1.09 bits per heavy atom. The molecule has 0 radical (unpaired) electrons. The first-order chi connectivity index (χ1) is 11.2. The quantitative estimate of drug-likeness (QED) is 0.356. The summed E-state index contributed by atoms with van der Waals surface area (Å²) in [5.74, 6) is 0. The molecule has 136 valence electrons. The zero-order valence-electron chi connectivity index (χ0n) is 14.4. The molecule has 1 heterocycles. The summed E-state index contributed by atoms with van der Waals surface area (Å²) in [7, 11) is 0. The molecular weight excluding hydrogens is 296 g/mol. The minimum Gasteiger partial charge on any atom is -0.388 e. The van der Waals surface area contributed by atoms with Crippen molar-refractivity contribution in [1.29, 1.82) is 0 Å². The van der Waals surface area contributed by atoms with Gasteiger partial charge in [0.1, 0.15) is 24.4 Å². The number of hydrogen-bond donors (Lipinski definition) is 3. The number of ether oxygens (including phenoxy) is 2. The monoisotopic (exact) mass is 330 g/mol. The Hall–Kier alpha value is -0.460. The van der Waals surface area contributed by atoms with Crippen LogP contribution in [-0.2, 0) is 9.47 Å². The predicted octanol–water partition coefficient (Wildman–Crippen LogP) is 2.18. The van der Waals surface area contributed by atoms with E-state index in [-0.39, 0.29) is 13.2 Å². The number of rotatable bonds is 13. The average Bonchev–Trinajstić information content (AvgIpc) is 2.88. The van der Waals surface area contributed by atoms with E-state index in [1.165, 1.54) is 32.1 Å². The molecule has 5 heteroatoms. The van der Waals surface area contributed by atoms with Gasteiger partial charge in [0.2, 0.25) is 0 Å². The van der Waals surface area contributed by atoms with Crippen molar-refractivity contribution in [2.24, 2.45) is 0 Å². The van der Waals surface area contributed by atoms with Crippen molar-refractivity contribution in [3.05, 3.63) is 12.2 Å². The maximum absolute atomic E-state index is 9.87. The van der Waals surface area contributed by atoms with Crippen molar-refractivity contribution in [2.45, 2.75) is 82.7 Å². The number of aliphatic hydroxyl groups is 3. The summed E-state index contributed by atoms with van der Waals surface area (Å²) in [5, 5.41) is 28.8. The molecule has 0 aromatic rings. The Morgan fingerprint density at radius 3 is 2.39 bits per heavy atom. The average molecular weight is 330 g/mol. The van der Waals surface area contributed by atoms with Gasteiger partial charge in [-0.1, -0.05) is 38.3 Å². The molecule has 0 unspecified atom stereocenters. The molecule has 0 aromatic carbocycles. The Morgan fingerprint density at radius 2 is 1.78 bits per heavy atom. The predicted molar refractivity (Wildman–Crippen MR) is 90.3 cm³/mol. The molecule has 1 saturated heterocycles. The fraction of sp³-hybridized carbons (Fsp3) is 0.889. The largest absolute Gasteiger partial charge is 0.388 e. The van der Waals surface area contributed by atoms with Crippen molar-refractivity contribution in [3.8, 4) is 0 Å². The smallest absolute Gasteiger partial charge is 0.114 e. The summed E-state index contributed by atoms with van der Waals surface area (Å²) < 4.78 is 10.6. The van der Waals surface area contributed by atoms with Gasteiger partial charge in [-0.05, 0) is 32.1 Å². The number of unbranched alkanes of at least 4 members (excludes halogenated alkanes) is 6. The third-order valence-electron chi connectivity index (χ3n) is 4.16. The third-order valence-corrected chi connectivity index (χ3v) is 4.16. The van der Waals surface area contributed by atoms with Crippen LogP contribution in [0.1, 0.15) is 58.3 Å². The van der Waals surface area contributed by atoms with Gasteiger partial charge in [0.05, 0.1) is 13.2 Å². The van der Waals surface area contributed by atoms with Gasteiger partial charge in [-0.3, -0.25) is 0 Å². The first-order valence-corrected chi connectivity index (χ1v) is 9.05. The molecule has 4 atom stereocenters. The molecule has 1 rings (SSSR count). The molecule has 23 heavy (non-hydrogen) atoms. The number of aliphatic hydroxyl groups excluding tert-OH is 3. The summed E-state index contributed by atoms with van der Waals surface area (Å²) in [6.07, 6.45) is 10.4. The van der Waals surface area contributed by atoms with Gasteiger partial charge in [-0.2, -0.15) is 0 Å². The summed E-state index contributed by atoms with van der Waals surface area (Å²) >= 11 is 0. The van der Waals surface area contributed by atoms with Gasteiger partial charge in [-0.25, -0.2) is 0 Å². The van der Waals surface area contributed by atoms with Crippen LogP contribution in [0.4, 0.5) is 0 Å². The van der Waals surface area contributed by atoms with Crippen LogP contribution < -0.4 is 0 Å². The van der Waals surface area contributed by atoms with Gasteiger partial charge in [0, 0.05) is 6.61 Å².